The Bertz CT molecular complexity index is 347. The minimum atomic E-state index is -0.735. The van der Waals surface area contributed by atoms with Crippen molar-refractivity contribution in [2.75, 3.05) is 6.54 Å². The third-order valence-electron chi connectivity index (χ3n) is 3.49. The Kier molecular flexibility index (Phi) is 2.79. The average Bonchev–Trinajstić information content (AvgIpc) is 2.72. The van der Waals surface area contributed by atoms with Gasteiger partial charge in [-0.3, -0.25) is 4.79 Å². The summed E-state index contributed by atoms with van der Waals surface area (Å²) < 4.78 is 5.31. The van der Waals surface area contributed by atoms with Gasteiger partial charge in [-0.2, -0.15) is 0 Å². The van der Waals surface area contributed by atoms with Crippen molar-refractivity contribution in [3.8, 4) is 0 Å². The summed E-state index contributed by atoms with van der Waals surface area (Å²) in [6, 6.07) is 0.0518. The highest BCUT2D eigenvalue weighted by Crippen LogP contribution is 2.42. The Labute approximate surface area is 101 Å². The number of likely N-dealkylation sites (tertiary alicyclic amines) is 1. The van der Waals surface area contributed by atoms with Crippen LogP contribution in [0.2, 0.25) is 0 Å². The molecule has 96 valence electrons. The smallest absolute Gasteiger partial charge is 0.410 e. The number of aliphatic carboxylic acids is 1. The highest BCUT2D eigenvalue weighted by Gasteiger charge is 2.50. The minimum absolute atomic E-state index is 0.0518. The summed E-state index contributed by atoms with van der Waals surface area (Å²) in [7, 11) is 0. The van der Waals surface area contributed by atoms with Gasteiger partial charge >= 0.3 is 12.1 Å². The predicted octanol–water partition coefficient (Wildman–Crippen LogP) is 1.72. The monoisotopic (exact) mass is 241 g/mol. The van der Waals surface area contributed by atoms with E-state index in [1.807, 2.05) is 20.8 Å². The molecule has 2 aliphatic rings. The zero-order valence-corrected chi connectivity index (χ0v) is 10.5. The topological polar surface area (TPSA) is 66.8 Å². The molecule has 2 bridgehead atoms. The lowest BCUT2D eigenvalue weighted by Crippen LogP contribution is -2.44. The van der Waals surface area contributed by atoms with E-state index in [0.29, 0.717) is 13.0 Å². The number of fused-ring (bicyclic) bond motifs is 2. The molecule has 1 saturated heterocycles. The summed E-state index contributed by atoms with van der Waals surface area (Å²) in [5.74, 6) is -0.912. The van der Waals surface area contributed by atoms with Crippen LogP contribution in [0.25, 0.3) is 0 Å². The van der Waals surface area contributed by atoms with Gasteiger partial charge in [0.25, 0.3) is 0 Å². The van der Waals surface area contributed by atoms with Gasteiger partial charge in [-0.15, -0.1) is 0 Å². The molecule has 1 heterocycles. The first kappa shape index (κ1) is 12.2. The quantitative estimate of drug-likeness (QED) is 0.759. The van der Waals surface area contributed by atoms with Crippen LogP contribution in [0.5, 0.6) is 0 Å². The molecule has 5 heteroatoms. The van der Waals surface area contributed by atoms with Crippen molar-refractivity contribution in [1.29, 1.82) is 0 Å². The third-order valence-corrected chi connectivity index (χ3v) is 3.49. The molecule has 0 aromatic heterocycles. The second-order valence-electron chi connectivity index (χ2n) is 5.96. The molecular weight excluding hydrogens is 222 g/mol. The van der Waals surface area contributed by atoms with Gasteiger partial charge in [-0.25, -0.2) is 4.79 Å². The van der Waals surface area contributed by atoms with Crippen molar-refractivity contribution >= 4 is 12.1 Å². The highest BCUT2D eigenvalue weighted by molar-refractivity contribution is 5.73. The molecule has 1 aliphatic heterocycles. The molecule has 2 rings (SSSR count). The van der Waals surface area contributed by atoms with E-state index in [-0.39, 0.29) is 24.0 Å². The summed E-state index contributed by atoms with van der Waals surface area (Å²) in [5.41, 5.74) is -0.495. The van der Waals surface area contributed by atoms with E-state index < -0.39 is 11.6 Å². The Morgan fingerprint density at radius 1 is 1.29 bits per heavy atom. The number of carboxylic acids is 1. The number of ether oxygens (including phenoxy) is 1. The fourth-order valence-corrected chi connectivity index (χ4v) is 2.80. The lowest BCUT2D eigenvalue weighted by Gasteiger charge is -2.31. The molecule has 1 N–H and O–H groups in total. The summed E-state index contributed by atoms with van der Waals surface area (Å²) in [5, 5.41) is 9.01. The van der Waals surface area contributed by atoms with Crippen LogP contribution in [0.1, 0.15) is 33.6 Å². The maximum atomic E-state index is 11.9. The van der Waals surface area contributed by atoms with E-state index in [0.717, 1.165) is 6.42 Å². The van der Waals surface area contributed by atoms with Gasteiger partial charge in [-0.05, 0) is 39.5 Å². The fraction of sp³-hybridized carbons (Fsp3) is 0.833. The van der Waals surface area contributed by atoms with Gasteiger partial charge in [0.2, 0.25) is 0 Å². The van der Waals surface area contributed by atoms with Gasteiger partial charge < -0.3 is 14.7 Å². The van der Waals surface area contributed by atoms with Crippen LogP contribution in [0.15, 0.2) is 0 Å². The van der Waals surface area contributed by atoms with Crippen LogP contribution in [0.3, 0.4) is 0 Å². The van der Waals surface area contributed by atoms with Gasteiger partial charge in [0.15, 0.2) is 0 Å². The summed E-state index contributed by atoms with van der Waals surface area (Å²) in [6.45, 7) is 6.02. The van der Waals surface area contributed by atoms with Crippen molar-refractivity contribution in [3.05, 3.63) is 0 Å². The zero-order chi connectivity index (χ0) is 12.8. The van der Waals surface area contributed by atoms with Crippen molar-refractivity contribution in [2.45, 2.75) is 45.3 Å². The average molecular weight is 241 g/mol. The molecule has 17 heavy (non-hydrogen) atoms. The normalized spacial score (nSPS) is 31.7. The number of carboxylic acid groups (broad SMARTS) is 1. The van der Waals surface area contributed by atoms with Gasteiger partial charge in [0.1, 0.15) is 5.60 Å². The summed E-state index contributed by atoms with van der Waals surface area (Å²) >= 11 is 0. The zero-order valence-electron chi connectivity index (χ0n) is 10.5. The molecular formula is C12H19NO4. The van der Waals surface area contributed by atoms with E-state index in [1.54, 1.807) is 4.90 Å². The Hall–Kier alpha value is -1.26. The molecule has 0 unspecified atom stereocenters. The van der Waals surface area contributed by atoms with E-state index >= 15 is 0 Å². The number of carbonyl (C=O) groups excluding carboxylic acids is 1. The van der Waals surface area contributed by atoms with Crippen molar-refractivity contribution in [1.82, 2.24) is 4.90 Å². The molecule has 1 aliphatic carbocycles. The maximum Gasteiger partial charge on any atom is 0.410 e. The first-order chi connectivity index (χ1) is 7.78. The first-order valence-electron chi connectivity index (χ1n) is 6.00. The number of amides is 1. The number of nitrogens with zero attached hydrogens (tertiary/aromatic N) is 1. The van der Waals surface area contributed by atoms with Crippen molar-refractivity contribution in [3.63, 3.8) is 0 Å². The van der Waals surface area contributed by atoms with Crippen molar-refractivity contribution < 1.29 is 19.4 Å². The van der Waals surface area contributed by atoms with Crippen molar-refractivity contribution in [2.24, 2.45) is 11.8 Å². The maximum absolute atomic E-state index is 11.9. The van der Waals surface area contributed by atoms with Crippen LogP contribution < -0.4 is 0 Å². The largest absolute Gasteiger partial charge is 0.481 e. The molecule has 1 saturated carbocycles. The number of hydrogen-bond acceptors (Lipinski definition) is 3. The van der Waals surface area contributed by atoms with Gasteiger partial charge in [0, 0.05) is 12.6 Å². The lowest BCUT2D eigenvalue weighted by atomic mass is 9.95. The van der Waals surface area contributed by atoms with Gasteiger partial charge in [-0.1, -0.05) is 0 Å². The number of carbonyl (C=O) groups is 2. The predicted molar refractivity (Wildman–Crippen MR) is 60.6 cm³/mol. The molecule has 3 atom stereocenters. The second-order valence-corrected chi connectivity index (χ2v) is 5.96. The molecule has 0 spiro atoms. The second kappa shape index (κ2) is 3.89. The first-order valence-corrected chi connectivity index (χ1v) is 6.00. The van der Waals surface area contributed by atoms with Gasteiger partial charge in [0.05, 0.1) is 5.92 Å². The molecule has 0 aromatic carbocycles. The van der Waals surface area contributed by atoms with E-state index in [4.69, 9.17) is 9.84 Å². The van der Waals surface area contributed by atoms with E-state index in [9.17, 15) is 9.59 Å². The fourth-order valence-electron chi connectivity index (χ4n) is 2.80. The van der Waals surface area contributed by atoms with Crippen LogP contribution in [-0.4, -0.2) is 40.3 Å². The van der Waals surface area contributed by atoms with Crippen LogP contribution in [-0.2, 0) is 9.53 Å². The van der Waals surface area contributed by atoms with Crippen LogP contribution >= 0.6 is 0 Å². The highest BCUT2D eigenvalue weighted by atomic mass is 16.6. The molecule has 0 aromatic rings. The standard InChI is InChI=1S/C12H19NO4/c1-12(2,3)17-11(16)13-6-7-4-8(13)5-9(7)10(14)15/h7-9H,4-6H2,1-3H3,(H,14,15)/t7-,8+,9+/m1/s1. The Morgan fingerprint density at radius 3 is 2.35 bits per heavy atom. The van der Waals surface area contributed by atoms with E-state index in [2.05, 4.69) is 0 Å². The van der Waals surface area contributed by atoms with Crippen LogP contribution in [0.4, 0.5) is 4.79 Å². The lowest BCUT2D eigenvalue weighted by molar-refractivity contribution is -0.143. The van der Waals surface area contributed by atoms with Crippen LogP contribution in [0, 0.1) is 11.8 Å². The molecule has 0 radical (unpaired) electrons. The molecule has 5 nitrogen and oxygen atoms in total. The summed E-state index contributed by atoms with van der Waals surface area (Å²) in [6.07, 6.45) is 1.06. The molecule has 1 amide bonds. The van der Waals surface area contributed by atoms with E-state index in [1.165, 1.54) is 0 Å². The number of piperidine rings is 1. The number of hydrogen-bond donors (Lipinski definition) is 1. The minimum Gasteiger partial charge on any atom is -0.481 e. The third kappa shape index (κ3) is 2.37. The Balaban J connectivity index is 1.96. The SMILES string of the molecule is CC(C)(C)OC(=O)N1C[C@H]2C[C@H]1C[C@@H]2C(=O)O. The summed E-state index contributed by atoms with van der Waals surface area (Å²) in [4.78, 5) is 24.5. The molecule has 2 fully saturated rings. The number of rotatable bonds is 1. The Morgan fingerprint density at radius 2 is 1.94 bits per heavy atom.